The maximum Gasteiger partial charge on any atom is 0.328 e. The molecule has 20 heavy (non-hydrogen) atoms. The van der Waals surface area contributed by atoms with Crippen molar-refractivity contribution in [1.82, 2.24) is 4.90 Å². The summed E-state index contributed by atoms with van der Waals surface area (Å²) in [5.74, 6) is -1.96. The highest BCUT2D eigenvalue weighted by atomic mass is 79.9. The number of amides is 1. The molecular formula is C13H13BrFNO4. The van der Waals surface area contributed by atoms with E-state index in [-0.39, 0.29) is 18.5 Å². The van der Waals surface area contributed by atoms with E-state index in [2.05, 4.69) is 20.7 Å². The van der Waals surface area contributed by atoms with Gasteiger partial charge in [-0.1, -0.05) is 6.07 Å². The lowest BCUT2D eigenvalue weighted by molar-refractivity contribution is -0.145. The number of aliphatic hydroxyl groups excluding tert-OH is 1. The third kappa shape index (κ3) is 2.69. The molecule has 0 aromatic heterocycles. The molecule has 0 saturated carbocycles. The van der Waals surface area contributed by atoms with Gasteiger partial charge in [-0.3, -0.25) is 4.79 Å². The van der Waals surface area contributed by atoms with Gasteiger partial charge in [-0.05, 0) is 28.1 Å². The highest BCUT2D eigenvalue weighted by Crippen LogP contribution is 2.26. The minimum Gasteiger partial charge on any atom is -0.467 e. The second-order valence-electron chi connectivity index (χ2n) is 4.48. The van der Waals surface area contributed by atoms with Crippen molar-refractivity contribution in [2.75, 3.05) is 13.7 Å². The summed E-state index contributed by atoms with van der Waals surface area (Å²) in [5.41, 5.74) is -0.157. The number of carbonyl (C=O) groups excluding carboxylic acids is 2. The summed E-state index contributed by atoms with van der Waals surface area (Å²) in [6.07, 6.45) is -0.738. The first-order chi connectivity index (χ1) is 9.45. The van der Waals surface area contributed by atoms with Crippen LogP contribution in [0, 0.1) is 5.82 Å². The molecule has 108 valence electrons. The van der Waals surface area contributed by atoms with Crippen LogP contribution in [0.4, 0.5) is 4.39 Å². The Morgan fingerprint density at radius 3 is 2.80 bits per heavy atom. The summed E-state index contributed by atoms with van der Waals surface area (Å²) >= 11 is 3.12. The van der Waals surface area contributed by atoms with Crippen molar-refractivity contribution in [3.8, 4) is 0 Å². The number of methoxy groups -OCH3 is 1. The van der Waals surface area contributed by atoms with Crippen molar-refractivity contribution >= 4 is 27.8 Å². The number of nitrogens with zero attached hydrogens (tertiary/aromatic N) is 1. The molecule has 1 saturated heterocycles. The number of aliphatic hydroxyl groups is 1. The Balaban J connectivity index is 2.34. The van der Waals surface area contributed by atoms with Crippen molar-refractivity contribution in [2.45, 2.75) is 18.6 Å². The summed E-state index contributed by atoms with van der Waals surface area (Å²) < 4.78 is 18.7. The predicted octanol–water partition coefficient (Wildman–Crippen LogP) is 1.34. The smallest absolute Gasteiger partial charge is 0.328 e. The van der Waals surface area contributed by atoms with E-state index >= 15 is 0 Å². The molecule has 1 aromatic rings. The molecule has 1 aliphatic rings. The fraction of sp³-hybridized carbons (Fsp3) is 0.385. The van der Waals surface area contributed by atoms with E-state index in [1.807, 2.05) is 0 Å². The van der Waals surface area contributed by atoms with Crippen molar-refractivity contribution in [2.24, 2.45) is 0 Å². The number of carbonyl (C=O) groups is 2. The van der Waals surface area contributed by atoms with Crippen molar-refractivity contribution < 1.29 is 23.8 Å². The summed E-state index contributed by atoms with van der Waals surface area (Å²) in [4.78, 5) is 25.2. The van der Waals surface area contributed by atoms with Gasteiger partial charge in [-0.25, -0.2) is 9.18 Å². The van der Waals surface area contributed by atoms with E-state index in [0.29, 0.717) is 4.47 Å². The number of hydrogen-bond acceptors (Lipinski definition) is 4. The Labute approximate surface area is 123 Å². The van der Waals surface area contributed by atoms with Crippen LogP contribution in [0.1, 0.15) is 16.8 Å². The van der Waals surface area contributed by atoms with Crippen LogP contribution in [-0.2, 0) is 9.53 Å². The number of ether oxygens (including phenoxy) is 1. The maximum absolute atomic E-state index is 13.8. The standard InChI is InChI=1S/C13H13BrFNO4/c1-20-13(19)10-5-7(17)6-16(10)12(18)11-8(14)3-2-4-9(11)15/h2-4,7,10,17H,5-6H2,1H3. The van der Waals surface area contributed by atoms with Crippen LogP contribution in [0.3, 0.4) is 0 Å². The van der Waals surface area contributed by atoms with Crippen molar-refractivity contribution in [3.05, 3.63) is 34.1 Å². The minimum absolute atomic E-state index is 0.0284. The molecule has 2 atom stereocenters. The Morgan fingerprint density at radius 1 is 1.50 bits per heavy atom. The third-order valence-electron chi connectivity index (χ3n) is 3.19. The summed E-state index contributed by atoms with van der Waals surface area (Å²) in [6.45, 7) is -0.0284. The summed E-state index contributed by atoms with van der Waals surface area (Å²) in [5, 5.41) is 9.64. The molecule has 5 nitrogen and oxygen atoms in total. The van der Waals surface area contributed by atoms with E-state index in [4.69, 9.17) is 0 Å². The fourth-order valence-corrected chi connectivity index (χ4v) is 2.76. The maximum atomic E-state index is 13.8. The lowest BCUT2D eigenvalue weighted by Gasteiger charge is -2.23. The molecule has 0 spiro atoms. The van der Waals surface area contributed by atoms with E-state index < -0.39 is 29.8 Å². The number of esters is 1. The van der Waals surface area contributed by atoms with Gasteiger partial charge in [-0.2, -0.15) is 0 Å². The van der Waals surface area contributed by atoms with Gasteiger partial charge in [0.15, 0.2) is 0 Å². The summed E-state index contributed by atoms with van der Waals surface area (Å²) in [7, 11) is 1.20. The molecule has 1 aromatic carbocycles. The third-order valence-corrected chi connectivity index (χ3v) is 3.85. The predicted molar refractivity (Wildman–Crippen MR) is 71.6 cm³/mol. The molecule has 0 radical (unpaired) electrons. The number of benzene rings is 1. The van der Waals surface area contributed by atoms with E-state index in [9.17, 15) is 19.1 Å². The van der Waals surface area contributed by atoms with Gasteiger partial charge in [0.25, 0.3) is 5.91 Å². The Morgan fingerprint density at radius 2 is 2.20 bits per heavy atom. The first-order valence-corrected chi connectivity index (χ1v) is 6.76. The second-order valence-corrected chi connectivity index (χ2v) is 5.34. The molecule has 1 N–H and O–H groups in total. The lowest BCUT2D eigenvalue weighted by atomic mass is 10.1. The van der Waals surface area contributed by atoms with Gasteiger partial charge >= 0.3 is 5.97 Å². The van der Waals surface area contributed by atoms with Gasteiger partial charge in [0, 0.05) is 17.4 Å². The van der Waals surface area contributed by atoms with Crippen molar-refractivity contribution in [1.29, 1.82) is 0 Å². The monoisotopic (exact) mass is 345 g/mol. The topological polar surface area (TPSA) is 66.8 Å². The zero-order valence-electron chi connectivity index (χ0n) is 10.7. The average molecular weight is 346 g/mol. The molecule has 1 heterocycles. The van der Waals surface area contributed by atoms with Crippen molar-refractivity contribution in [3.63, 3.8) is 0 Å². The first kappa shape index (κ1) is 14.9. The van der Waals surface area contributed by atoms with Gasteiger partial charge in [0.05, 0.1) is 18.8 Å². The quantitative estimate of drug-likeness (QED) is 0.821. The molecule has 7 heteroatoms. The first-order valence-electron chi connectivity index (χ1n) is 5.96. The number of β-amino-alcohol motifs (C(OH)–C–C–N with tert-alkyl or cyclic N) is 1. The molecule has 0 bridgehead atoms. The molecule has 2 unspecified atom stereocenters. The normalized spacial score (nSPS) is 21.9. The number of halogens is 2. The van der Waals surface area contributed by atoms with Crippen LogP contribution in [0.25, 0.3) is 0 Å². The molecule has 1 fully saturated rings. The van der Waals surface area contributed by atoms with Crippen LogP contribution < -0.4 is 0 Å². The largest absolute Gasteiger partial charge is 0.467 e. The zero-order chi connectivity index (χ0) is 14.9. The molecule has 0 aliphatic carbocycles. The van der Waals surface area contributed by atoms with Gasteiger partial charge in [-0.15, -0.1) is 0 Å². The highest BCUT2D eigenvalue weighted by molar-refractivity contribution is 9.10. The summed E-state index contributed by atoms with van der Waals surface area (Å²) in [6, 6.07) is 3.27. The highest BCUT2D eigenvalue weighted by Gasteiger charge is 2.40. The van der Waals surface area contributed by atoms with Gasteiger partial charge in [0.1, 0.15) is 11.9 Å². The second kappa shape index (κ2) is 5.88. The number of rotatable bonds is 2. The minimum atomic E-state index is -0.894. The average Bonchev–Trinajstić information content (AvgIpc) is 2.79. The number of likely N-dealkylation sites (tertiary alicyclic amines) is 1. The molecule has 1 amide bonds. The molecular weight excluding hydrogens is 333 g/mol. The lowest BCUT2D eigenvalue weighted by Crippen LogP contribution is -2.41. The van der Waals surface area contributed by atoms with E-state index in [1.165, 1.54) is 19.2 Å². The SMILES string of the molecule is COC(=O)C1CC(O)CN1C(=O)c1c(F)cccc1Br. The van der Waals surface area contributed by atoms with Crippen LogP contribution in [0.2, 0.25) is 0 Å². The van der Waals surface area contributed by atoms with Crippen LogP contribution in [0.15, 0.2) is 22.7 Å². The van der Waals surface area contributed by atoms with Gasteiger partial charge in [0.2, 0.25) is 0 Å². The Hall–Kier alpha value is -1.47. The molecule has 1 aliphatic heterocycles. The van der Waals surface area contributed by atoms with Crippen LogP contribution in [0.5, 0.6) is 0 Å². The fourth-order valence-electron chi connectivity index (χ4n) is 2.24. The Bertz CT molecular complexity index is 531. The van der Waals surface area contributed by atoms with Crippen LogP contribution >= 0.6 is 15.9 Å². The van der Waals surface area contributed by atoms with Crippen LogP contribution in [-0.4, -0.2) is 47.7 Å². The zero-order valence-corrected chi connectivity index (χ0v) is 12.3. The molecule has 2 rings (SSSR count). The van der Waals surface area contributed by atoms with E-state index in [0.717, 1.165) is 11.0 Å². The van der Waals surface area contributed by atoms with Gasteiger partial charge < -0.3 is 14.7 Å². The number of hydrogen-bond donors (Lipinski definition) is 1. The van der Waals surface area contributed by atoms with E-state index in [1.54, 1.807) is 0 Å². The Kier molecular flexibility index (Phi) is 4.39.